The molecule has 0 bridgehead atoms. The fourth-order valence-corrected chi connectivity index (χ4v) is 6.32. The van der Waals surface area contributed by atoms with Crippen LogP contribution >= 0.6 is 11.3 Å². The molecular formula is C22H27N7O3S2. The Bertz CT molecular complexity index is 1430. The van der Waals surface area contributed by atoms with Gasteiger partial charge in [0.15, 0.2) is 5.82 Å². The highest BCUT2D eigenvalue weighted by atomic mass is 32.2. The molecule has 34 heavy (non-hydrogen) atoms. The van der Waals surface area contributed by atoms with Crippen LogP contribution in [0.15, 0.2) is 30.5 Å². The van der Waals surface area contributed by atoms with Crippen LogP contribution in [0, 0.1) is 0 Å². The lowest BCUT2D eigenvalue weighted by atomic mass is 10.1. The van der Waals surface area contributed by atoms with Gasteiger partial charge in [-0.2, -0.15) is 9.40 Å². The molecule has 0 aliphatic carbocycles. The summed E-state index contributed by atoms with van der Waals surface area (Å²) < 4.78 is 26.3. The molecule has 1 saturated heterocycles. The molecule has 0 saturated carbocycles. The van der Waals surface area contributed by atoms with Crippen LogP contribution in [-0.4, -0.2) is 88.0 Å². The number of aliphatic hydroxyl groups excluding tert-OH is 1. The highest BCUT2D eigenvalue weighted by molar-refractivity contribution is 7.88. The first-order valence-corrected chi connectivity index (χ1v) is 13.8. The monoisotopic (exact) mass is 501 g/mol. The lowest BCUT2D eigenvalue weighted by Crippen LogP contribution is -2.52. The number of anilines is 1. The first kappa shape index (κ1) is 23.1. The molecule has 0 unspecified atom stereocenters. The average molecular weight is 502 g/mol. The molecule has 10 nitrogen and oxygen atoms in total. The lowest BCUT2D eigenvalue weighted by Gasteiger charge is -2.38. The van der Waals surface area contributed by atoms with Gasteiger partial charge >= 0.3 is 0 Å². The molecular weight excluding hydrogens is 474 g/mol. The van der Waals surface area contributed by atoms with Crippen molar-refractivity contribution in [2.75, 3.05) is 44.4 Å². The number of aromatic nitrogens is 4. The first-order valence-electron chi connectivity index (χ1n) is 11.1. The summed E-state index contributed by atoms with van der Waals surface area (Å²) in [5.74, 6) is 1.29. The molecule has 0 amide bonds. The number of sulfonamides is 1. The number of hydrogen-bond donors (Lipinski definition) is 3. The second-order valence-electron chi connectivity index (χ2n) is 8.55. The van der Waals surface area contributed by atoms with Crippen molar-refractivity contribution < 1.29 is 13.5 Å². The number of hydrogen-bond acceptors (Lipinski definition) is 9. The maximum Gasteiger partial charge on any atom is 0.211 e. The van der Waals surface area contributed by atoms with E-state index in [9.17, 15) is 13.5 Å². The van der Waals surface area contributed by atoms with Crippen LogP contribution < -0.4 is 5.32 Å². The molecule has 1 fully saturated rings. The van der Waals surface area contributed by atoms with Crippen LogP contribution in [0.4, 0.5) is 5.82 Å². The highest BCUT2D eigenvalue weighted by Gasteiger charge is 2.29. The first-order chi connectivity index (χ1) is 16.3. The Morgan fingerprint density at radius 2 is 2.15 bits per heavy atom. The fourth-order valence-electron chi connectivity index (χ4n) is 4.33. The third kappa shape index (κ3) is 4.51. The van der Waals surface area contributed by atoms with E-state index in [0.717, 1.165) is 31.6 Å². The number of piperazine rings is 1. The number of nitrogens with zero attached hydrogens (tertiary/aromatic N) is 5. The van der Waals surface area contributed by atoms with Crippen LogP contribution in [-0.2, 0) is 16.6 Å². The maximum atomic E-state index is 11.9. The molecule has 1 aliphatic rings. The summed E-state index contributed by atoms with van der Waals surface area (Å²) in [5, 5.41) is 20.7. The van der Waals surface area contributed by atoms with E-state index in [4.69, 9.17) is 9.97 Å². The van der Waals surface area contributed by atoms with Crippen molar-refractivity contribution >= 4 is 48.3 Å². The Kier molecular flexibility index (Phi) is 6.25. The van der Waals surface area contributed by atoms with Gasteiger partial charge in [0.25, 0.3) is 0 Å². The van der Waals surface area contributed by atoms with Gasteiger partial charge in [-0.05, 0) is 19.1 Å². The second-order valence-corrected chi connectivity index (χ2v) is 11.7. The van der Waals surface area contributed by atoms with Crippen molar-refractivity contribution in [2.24, 2.45) is 0 Å². The van der Waals surface area contributed by atoms with Gasteiger partial charge in [0.05, 0.1) is 34.8 Å². The highest BCUT2D eigenvalue weighted by Crippen LogP contribution is 2.34. The van der Waals surface area contributed by atoms with Gasteiger partial charge < -0.3 is 10.4 Å². The SMILES string of the molecule is C[C@H]1CN(S(C)(=O)=O)CCN1Cc1cc2nc(-c3cccc4[nH]ncc34)nc(NCCO)c2s1. The number of rotatable bonds is 7. The van der Waals surface area contributed by atoms with E-state index >= 15 is 0 Å². The molecule has 180 valence electrons. The second kappa shape index (κ2) is 9.19. The van der Waals surface area contributed by atoms with E-state index in [2.05, 4.69) is 33.4 Å². The Labute approximate surface area is 201 Å². The van der Waals surface area contributed by atoms with Crippen molar-refractivity contribution in [3.8, 4) is 11.4 Å². The zero-order valence-corrected chi connectivity index (χ0v) is 20.7. The van der Waals surface area contributed by atoms with Gasteiger partial charge in [-0.3, -0.25) is 10.00 Å². The third-order valence-corrected chi connectivity index (χ3v) is 8.49. The minimum absolute atomic E-state index is 0.00148. The number of aliphatic hydroxyl groups is 1. The molecule has 12 heteroatoms. The molecule has 3 N–H and O–H groups in total. The van der Waals surface area contributed by atoms with Crippen molar-refractivity contribution in [2.45, 2.75) is 19.5 Å². The summed E-state index contributed by atoms with van der Waals surface area (Å²) in [7, 11) is -3.18. The van der Waals surface area contributed by atoms with Crippen molar-refractivity contribution in [3.05, 3.63) is 35.3 Å². The van der Waals surface area contributed by atoms with Gasteiger partial charge in [0.1, 0.15) is 5.82 Å². The lowest BCUT2D eigenvalue weighted by molar-refractivity contribution is 0.123. The van der Waals surface area contributed by atoms with E-state index < -0.39 is 10.0 Å². The summed E-state index contributed by atoms with van der Waals surface area (Å²) in [6.07, 6.45) is 3.04. The molecule has 4 aromatic rings. The van der Waals surface area contributed by atoms with E-state index in [0.29, 0.717) is 44.4 Å². The number of H-pyrrole nitrogens is 1. The predicted molar refractivity (Wildman–Crippen MR) is 134 cm³/mol. The minimum atomic E-state index is -3.18. The topological polar surface area (TPSA) is 127 Å². The van der Waals surface area contributed by atoms with Crippen LogP contribution in [0.2, 0.25) is 0 Å². The van der Waals surface area contributed by atoms with Crippen LogP contribution in [0.1, 0.15) is 11.8 Å². The van der Waals surface area contributed by atoms with Gasteiger partial charge in [-0.15, -0.1) is 11.3 Å². The Hall–Kier alpha value is -2.64. The predicted octanol–water partition coefficient (Wildman–Crippen LogP) is 2.10. The van der Waals surface area contributed by atoms with Gasteiger partial charge in [0, 0.05) is 54.6 Å². The normalized spacial score (nSPS) is 18.1. The van der Waals surface area contributed by atoms with Gasteiger partial charge in [-0.25, -0.2) is 18.4 Å². The quantitative estimate of drug-likeness (QED) is 0.351. The molecule has 4 heterocycles. The number of thiophene rings is 1. The van der Waals surface area contributed by atoms with Crippen molar-refractivity contribution in [1.82, 2.24) is 29.4 Å². The molecule has 1 aromatic carbocycles. The van der Waals surface area contributed by atoms with E-state index in [1.165, 1.54) is 6.26 Å². The molecule has 1 atom stereocenters. The molecule has 3 aromatic heterocycles. The molecule has 0 radical (unpaired) electrons. The number of nitrogens with one attached hydrogen (secondary N) is 2. The molecule has 5 rings (SSSR count). The summed E-state index contributed by atoms with van der Waals surface area (Å²) in [6, 6.07) is 8.08. The summed E-state index contributed by atoms with van der Waals surface area (Å²) in [6.45, 7) is 4.82. The third-order valence-electron chi connectivity index (χ3n) is 6.11. The van der Waals surface area contributed by atoms with E-state index in [1.807, 2.05) is 18.2 Å². The zero-order valence-electron chi connectivity index (χ0n) is 19.0. The maximum absolute atomic E-state index is 11.9. The van der Waals surface area contributed by atoms with E-state index in [-0.39, 0.29) is 12.6 Å². The van der Waals surface area contributed by atoms with Crippen molar-refractivity contribution in [1.29, 1.82) is 0 Å². The zero-order chi connectivity index (χ0) is 23.9. The Morgan fingerprint density at radius 3 is 2.91 bits per heavy atom. The summed E-state index contributed by atoms with van der Waals surface area (Å²) >= 11 is 1.62. The molecule has 0 spiro atoms. The number of fused-ring (bicyclic) bond motifs is 2. The number of aromatic amines is 1. The summed E-state index contributed by atoms with van der Waals surface area (Å²) in [5.41, 5.74) is 2.64. The Morgan fingerprint density at radius 1 is 1.29 bits per heavy atom. The molecule has 1 aliphatic heterocycles. The Balaban J connectivity index is 1.48. The summed E-state index contributed by atoms with van der Waals surface area (Å²) in [4.78, 5) is 13.1. The minimum Gasteiger partial charge on any atom is -0.395 e. The standard InChI is InChI=1S/C22H27N7O3S2/c1-14-12-29(34(2,31)32)8-7-28(14)13-15-10-19-20(33-15)22(23-6-9-30)26-21(25-19)16-4-3-5-18-17(16)11-24-27-18/h3-5,10-11,14,30H,6-9,12-13H2,1-2H3,(H,24,27)(H,23,25,26)/t14-/m0/s1. The largest absolute Gasteiger partial charge is 0.395 e. The van der Waals surface area contributed by atoms with Crippen LogP contribution in [0.25, 0.3) is 32.5 Å². The van der Waals surface area contributed by atoms with E-state index in [1.54, 1.807) is 21.8 Å². The fraction of sp³-hybridized carbons (Fsp3) is 0.409. The average Bonchev–Trinajstić information content (AvgIpc) is 3.44. The van der Waals surface area contributed by atoms with Crippen molar-refractivity contribution in [3.63, 3.8) is 0 Å². The smallest absolute Gasteiger partial charge is 0.211 e. The van der Waals surface area contributed by atoms with Gasteiger partial charge in [0.2, 0.25) is 10.0 Å². The number of benzene rings is 1. The van der Waals surface area contributed by atoms with Crippen LogP contribution in [0.3, 0.4) is 0 Å². The van der Waals surface area contributed by atoms with Crippen LogP contribution in [0.5, 0.6) is 0 Å². The van der Waals surface area contributed by atoms with Gasteiger partial charge in [-0.1, -0.05) is 12.1 Å².